The second kappa shape index (κ2) is 8.10. The highest BCUT2D eigenvalue weighted by molar-refractivity contribution is 4.84. The zero-order valence-corrected chi connectivity index (χ0v) is 12.2. The van der Waals surface area contributed by atoms with E-state index in [0.29, 0.717) is 12.1 Å². The molecule has 17 heavy (non-hydrogen) atoms. The summed E-state index contributed by atoms with van der Waals surface area (Å²) < 4.78 is 5.62. The summed E-state index contributed by atoms with van der Waals surface area (Å²) in [6.07, 6.45) is 8.49. The summed E-state index contributed by atoms with van der Waals surface area (Å²) in [5.74, 6) is 1.76. The van der Waals surface area contributed by atoms with Crippen molar-refractivity contribution in [3.63, 3.8) is 0 Å². The van der Waals surface area contributed by atoms with Gasteiger partial charge in [0.05, 0.1) is 6.10 Å². The average molecular weight is 241 g/mol. The van der Waals surface area contributed by atoms with Crippen LogP contribution in [0.3, 0.4) is 0 Å². The molecule has 0 radical (unpaired) electrons. The minimum atomic E-state index is 0.565. The standard InChI is InChI=1S/C15H31NO/c1-5-7-12(3)8-14(16-4)9-13-10-15(11-13)17-6-2/h12-16H,5-11H2,1-4H3. The molecule has 2 nitrogen and oxygen atoms in total. The average Bonchev–Trinajstić information content (AvgIpc) is 2.25. The van der Waals surface area contributed by atoms with Gasteiger partial charge in [0.1, 0.15) is 0 Å². The van der Waals surface area contributed by atoms with Crippen molar-refractivity contribution in [2.75, 3.05) is 13.7 Å². The van der Waals surface area contributed by atoms with Crippen LogP contribution in [0.15, 0.2) is 0 Å². The molecule has 0 aliphatic heterocycles. The summed E-state index contributed by atoms with van der Waals surface area (Å²) in [7, 11) is 2.11. The molecule has 102 valence electrons. The van der Waals surface area contributed by atoms with E-state index in [-0.39, 0.29) is 0 Å². The molecule has 2 atom stereocenters. The maximum atomic E-state index is 5.62. The van der Waals surface area contributed by atoms with Crippen LogP contribution in [0, 0.1) is 11.8 Å². The molecular weight excluding hydrogens is 210 g/mol. The Labute approximate surface area is 108 Å². The molecule has 0 amide bonds. The molecule has 2 unspecified atom stereocenters. The van der Waals surface area contributed by atoms with Gasteiger partial charge in [-0.25, -0.2) is 0 Å². The van der Waals surface area contributed by atoms with Crippen LogP contribution < -0.4 is 5.32 Å². The highest BCUT2D eigenvalue weighted by atomic mass is 16.5. The predicted octanol–water partition coefficient (Wildman–Crippen LogP) is 3.61. The Morgan fingerprint density at radius 1 is 1.29 bits per heavy atom. The lowest BCUT2D eigenvalue weighted by Gasteiger charge is -2.37. The molecule has 1 N–H and O–H groups in total. The first-order valence-corrected chi connectivity index (χ1v) is 7.48. The summed E-state index contributed by atoms with van der Waals surface area (Å²) in [6, 6.07) is 0.712. The largest absolute Gasteiger partial charge is 0.378 e. The first kappa shape index (κ1) is 15.0. The molecule has 1 saturated carbocycles. The second-order valence-electron chi connectivity index (χ2n) is 5.77. The van der Waals surface area contributed by atoms with Crippen LogP contribution in [-0.2, 0) is 4.74 Å². The van der Waals surface area contributed by atoms with Gasteiger partial charge < -0.3 is 10.1 Å². The number of nitrogens with one attached hydrogen (secondary N) is 1. The van der Waals surface area contributed by atoms with Crippen molar-refractivity contribution >= 4 is 0 Å². The highest BCUT2D eigenvalue weighted by Gasteiger charge is 2.31. The maximum absolute atomic E-state index is 5.62. The van der Waals surface area contributed by atoms with Crippen molar-refractivity contribution in [3.05, 3.63) is 0 Å². The van der Waals surface area contributed by atoms with Crippen molar-refractivity contribution in [1.29, 1.82) is 0 Å². The molecule has 0 aromatic carbocycles. The van der Waals surface area contributed by atoms with E-state index in [1.165, 1.54) is 38.5 Å². The van der Waals surface area contributed by atoms with Gasteiger partial charge in [0.25, 0.3) is 0 Å². The zero-order valence-electron chi connectivity index (χ0n) is 12.2. The summed E-state index contributed by atoms with van der Waals surface area (Å²) >= 11 is 0. The lowest BCUT2D eigenvalue weighted by Crippen LogP contribution is -2.37. The van der Waals surface area contributed by atoms with Crippen LogP contribution in [-0.4, -0.2) is 25.8 Å². The molecule has 2 heteroatoms. The lowest BCUT2D eigenvalue weighted by atomic mass is 9.77. The van der Waals surface area contributed by atoms with Crippen LogP contribution in [0.5, 0.6) is 0 Å². The van der Waals surface area contributed by atoms with Gasteiger partial charge >= 0.3 is 0 Å². The van der Waals surface area contributed by atoms with Gasteiger partial charge in [-0.2, -0.15) is 0 Å². The molecule has 0 aromatic heterocycles. The number of ether oxygens (including phenoxy) is 1. The highest BCUT2D eigenvalue weighted by Crippen LogP contribution is 2.34. The van der Waals surface area contributed by atoms with E-state index in [0.717, 1.165) is 18.4 Å². The quantitative estimate of drug-likeness (QED) is 0.666. The van der Waals surface area contributed by atoms with E-state index in [2.05, 4.69) is 33.1 Å². The van der Waals surface area contributed by atoms with E-state index in [4.69, 9.17) is 4.74 Å². The van der Waals surface area contributed by atoms with Crippen molar-refractivity contribution in [1.82, 2.24) is 5.32 Å². The molecule has 0 aromatic rings. The molecule has 0 spiro atoms. The summed E-state index contributed by atoms with van der Waals surface area (Å²) in [4.78, 5) is 0. The van der Waals surface area contributed by atoms with E-state index in [9.17, 15) is 0 Å². The third kappa shape index (κ3) is 5.39. The molecule has 0 heterocycles. The molecule has 1 aliphatic carbocycles. The second-order valence-corrected chi connectivity index (χ2v) is 5.77. The van der Waals surface area contributed by atoms with Crippen molar-refractivity contribution < 1.29 is 4.74 Å². The number of rotatable bonds is 9. The smallest absolute Gasteiger partial charge is 0.0580 e. The molecule has 1 fully saturated rings. The Hall–Kier alpha value is -0.0800. The van der Waals surface area contributed by atoms with Gasteiger partial charge in [-0.15, -0.1) is 0 Å². The molecule has 0 bridgehead atoms. The summed E-state index contributed by atoms with van der Waals surface area (Å²) in [5, 5.41) is 3.50. The minimum absolute atomic E-state index is 0.565. The Morgan fingerprint density at radius 2 is 2.00 bits per heavy atom. The van der Waals surface area contributed by atoms with Gasteiger partial charge in [-0.05, 0) is 51.5 Å². The van der Waals surface area contributed by atoms with Crippen LogP contribution in [0.2, 0.25) is 0 Å². The Balaban J connectivity index is 2.15. The monoisotopic (exact) mass is 241 g/mol. The van der Waals surface area contributed by atoms with Crippen molar-refractivity contribution in [2.24, 2.45) is 11.8 Å². The Morgan fingerprint density at radius 3 is 2.53 bits per heavy atom. The van der Waals surface area contributed by atoms with Crippen LogP contribution >= 0.6 is 0 Å². The Kier molecular flexibility index (Phi) is 7.14. The van der Waals surface area contributed by atoms with Crippen LogP contribution in [0.4, 0.5) is 0 Å². The first-order chi connectivity index (χ1) is 8.19. The molecule has 1 rings (SSSR count). The fourth-order valence-electron chi connectivity index (χ4n) is 3.07. The fourth-order valence-corrected chi connectivity index (χ4v) is 3.07. The SMILES string of the molecule is CCCC(C)CC(CC1CC(OCC)C1)NC. The summed E-state index contributed by atoms with van der Waals surface area (Å²) in [6.45, 7) is 7.64. The number of hydrogen-bond acceptors (Lipinski definition) is 2. The normalized spacial score (nSPS) is 27.5. The molecule has 0 saturated heterocycles. The van der Waals surface area contributed by atoms with Crippen LogP contribution in [0.25, 0.3) is 0 Å². The van der Waals surface area contributed by atoms with Crippen molar-refractivity contribution in [2.45, 2.75) is 71.4 Å². The van der Waals surface area contributed by atoms with Crippen LogP contribution in [0.1, 0.15) is 59.3 Å². The van der Waals surface area contributed by atoms with Gasteiger partial charge in [0, 0.05) is 12.6 Å². The zero-order chi connectivity index (χ0) is 12.7. The summed E-state index contributed by atoms with van der Waals surface area (Å²) in [5.41, 5.74) is 0. The lowest BCUT2D eigenvalue weighted by molar-refractivity contribution is -0.0294. The van der Waals surface area contributed by atoms with E-state index in [1.807, 2.05) is 0 Å². The van der Waals surface area contributed by atoms with Crippen molar-refractivity contribution in [3.8, 4) is 0 Å². The first-order valence-electron chi connectivity index (χ1n) is 7.48. The third-order valence-electron chi connectivity index (χ3n) is 4.09. The van der Waals surface area contributed by atoms with E-state index < -0.39 is 0 Å². The fraction of sp³-hybridized carbons (Fsp3) is 1.00. The Bertz CT molecular complexity index is 189. The van der Waals surface area contributed by atoms with E-state index >= 15 is 0 Å². The molecule has 1 aliphatic rings. The van der Waals surface area contributed by atoms with Gasteiger partial charge in [0.15, 0.2) is 0 Å². The predicted molar refractivity (Wildman–Crippen MR) is 74.3 cm³/mol. The van der Waals surface area contributed by atoms with Gasteiger partial charge in [-0.1, -0.05) is 26.7 Å². The minimum Gasteiger partial charge on any atom is -0.378 e. The van der Waals surface area contributed by atoms with E-state index in [1.54, 1.807) is 0 Å². The topological polar surface area (TPSA) is 21.3 Å². The maximum Gasteiger partial charge on any atom is 0.0580 e. The third-order valence-corrected chi connectivity index (χ3v) is 4.09. The van der Waals surface area contributed by atoms with Gasteiger partial charge in [0.2, 0.25) is 0 Å². The molecular formula is C15H31NO. The number of hydrogen-bond donors (Lipinski definition) is 1. The van der Waals surface area contributed by atoms with Gasteiger partial charge in [-0.3, -0.25) is 0 Å².